The van der Waals surface area contributed by atoms with Gasteiger partial charge in [0.05, 0.1) is 0 Å². The van der Waals surface area contributed by atoms with Gasteiger partial charge in [0.1, 0.15) is 0 Å². The first-order chi connectivity index (χ1) is 9.15. The van der Waals surface area contributed by atoms with Crippen LogP contribution in [0.2, 0.25) is 0 Å². The van der Waals surface area contributed by atoms with Gasteiger partial charge >= 0.3 is 0 Å². The van der Waals surface area contributed by atoms with Gasteiger partial charge in [-0.3, -0.25) is 0 Å². The number of aryl methyl sites for hydroxylation is 1. The van der Waals surface area contributed by atoms with Crippen molar-refractivity contribution in [1.29, 1.82) is 0 Å². The maximum atomic E-state index is 8.92. The second kappa shape index (κ2) is 5.93. The lowest BCUT2D eigenvalue weighted by molar-refractivity contribution is 0.271. The summed E-state index contributed by atoms with van der Waals surface area (Å²) in [6.07, 6.45) is 0. The Morgan fingerprint density at radius 3 is 2.58 bits per heavy atom. The number of benzene rings is 1. The van der Waals surface area contributed by atoms with Crippen LogP contribution in [0.3, 0.4) is 0 Å². The Balaban J connectivity index is 2.25. The molecule has 0 aliphatic carbocycles. The highest BCUT2D eigenvalue weighted by atomic mass is 16.4. The van der Waals surface area contributed by atoms with Crippen LogP contribution < -0.4 is 10.6 Å². The van der Waals surface area contributed by atoms with E-state index >= 15 is 0 Å². The number of rotatable bonds is 3. The van der Waals surface area contributed by atoms with Crippen LogP contribution in [0.15, 0.2) is 23.4 Å². The summed E-state index contributed by atoms with van der Waals surface area (Å²) in [5.41, 5.74) is 8.76. The van der Waals surface area contributed by atoms with Crippen LogP contribution in [0, 0.1) is 6.92 Å². The van der Waals surface area contributed by atoms with Gasteiger partial charge in [0, 0.05) is 37.4 Å². The molecule has 3 N–H and O–H groups in total. The number of piperazine rings is 1. The Morgan fingerprint density at radius 2 is 2.00 bits per heavy atom. The monoisotopic (exact) mass is 262 g/mol. The Kier molecular flexibility index (Phi) is 4.27. The van der Waals surface area contributed by atoms with E-state index in [1.807, 2.05) is 13.0 Å². The van der Waals surface area contributed by atoms with Gasteiger partial charge in [0.2, 0.25) is 0 Å². The maximum Gasteiger partial charge on any atom is 0.172 e. The largest absolute Gasteiger partial charge is 0.409 e. The Hall–Kier alpha value is -1.75. The predicted octanol–water partition coefficient (Wildman–Crippen LogP) is 1.23. The molecule has 1 aliphatic heterocycles. The molecule has 0 unspecified atom stereocenters. The van der Waals surface area contributed by atoms with Crippen LogP contribution in [0.25, 0.3) is 0 Å². The molecule has 1 aliphatic rings. The molecule has 0 radical (unpaired) electrons. The Labute approximate surface area is 114 Å². The summed E-state index contributed by atoms with van der Waals surface area (Å²) in [5.74, 6) is 0.177. The van der Waals surface area contributed by atoms with Gasteiger partial charge in [-0.15, -0.1) is 0 Å². The lowest BCUT2D eigenvalue weighted by Crippen LogP contribution is -2.46. The molecule has 5 nitrogen and oxygen atoms in total. The average Bonchev–Trinajstić information content (AvgIpc) is 2.46. The van der Waals surface area contributed by atoms with E-state index in [0.717, 1.165) is 49.5 Å². The molecule has 1 saturated heterocycles. The molecule has 1 fully saturated rings. The van der Waals surface area contributed by atoms with Crippen LogP contribution in [0.1, 0.15) is 18.1 Å². The summed E-state index contributed by atoms with van der Waals surface area (Å²) < 4.78 is 0. The summed E-state index contributed by atoms with van der Waals surface area (Å²) >= 11 is 0. The molecule has 0 spiro atoms. The van der Waals surface area contributed by atoms with E-state index in [1.54, 1.807) is 0 Å². The van der Waals surface area contributed by atoms with Crippen molar-refractivity contribution in [2.75, 3.05) is 37.6 Å². The number of anilines is 1. The molecule has 0 aromatic heterocycles. The number of hydrogen-bond donors (Lipinski definition) is 2. The highest BCUT2D eigenvalue weighted by Crippen LogP contribution is 2.23. The lowest BCUT2D eigenvalue weighted by Gasteiger charge is -2.36. The van der Waals surface area contributed by atoms with Crippen LogP contribution in [0.4, 0.5) is 5.69 Å². The normalized spacial score (nSPS) is 17.8. The molecule has 5 heteroatoms. The SMILES string of the molecule is CCN1CCN(c2ccc(C)cc2/C(N)=N/O)CC1. The summed E-state index contributed by atoms with van der Waals surface area (Å²) in [4.78, 5) is 4.73. The zero-order valence-electron chi connectivity index (χ0n) is 11.6. The van der Waals surface area contributed by atoms with Gasteiger partial charge in [0.25, 0.3) is 0 Å². The number of nitrogens with zero attached hydrogens (tertiary/aromatic N) is 3. The predicted molar refractivity (Wildman–Crippen MR) is 78.0 cm³/mol. The molecule has 1 aromatic rings. The fourth-order valence-corrected chi connectivity index (χ4v) is 2.49. The minimum atomic E-state index is 0.177. The second-order valence-electron chi connectivity index (χ2n) is 4.93. The van der Waals surface area contributed by atoms with Crippen LogP contribution in [-0.4, -0.2) is 48.7 Å². The fraction of sp³-hybridized carbons (Fsp3) is 0.500. The van der Waals surface area contributed by atoms with Crippen molar-refractivity contribution in [2.24, 2.45) is 10.9 Å². The van der Waals surface area contributed by atoms with Gasteiger partial charge < -0.3 is 20.7 Å². The Morgan fingerprint density at radius 1 is 1.32 bits per heavy atom. The molecule has 0 atom stereocenters. The van der Waals surface area contributed by atoms with Crippen LogP contribution in [-0.2, 0) is 0 Å². The lowest BCUT2D eigenvalue weighted by atomic mass is 10.1. The number of hydrogen-bond acceptors (Lipinski definition) is 4. The molecule has 2 rings (SSSR count). The number of oxime groups is 1. The summed E-state index contributed by atoms with van der Waals surface area (Å²) in [7, 11) is 0. The minimum Gasteiger partial charge on any atom is -0.409 e. The molecular weight excluding hydrogens is 240 g/mol. The molecule has 1 aromatic carbocycles. The van der Waals surface area contributed by atoms with E-state index in [4.69, 9.17) is 10.9 Å². The zero-order chi connectivity index (χ0) is 13.8. The smallest absolute Gasteiger partial charge is 0.172 e. The van der Waals surface area contributed by atoms with Crippen molar-refractivity contribution < 1.29 is 5.21 Å². The second-order valence-corrected chi connectivity index (χ2v) is 4.93. The van der Waals surface area contributed by atoms with E-state index in [9.17, 15) is 0 Å². The van der Waals surface area contributed by atoms with Gasteiger partial charge in [0.15, 0.2) is 5.84 Å². The van der Waals surface area contributed by atoms with E-state index in [-0.39, 0.29) is 5.84 Å². The van der Waals surface area contributed by atoms with Gasteiger partial charge in [-0.25, -0.2) is 0 Å². The van der Waals surface area contributed by atoms with Crippen molar-refractivity contribution in [1.82, 2.24) is 4.90 Å². The van der Waals surface area contributed by atoms with E-state index in [2.05, 4.69) is 34.0 Å². The summed E-state index contributed by atoms with van der Waals surface area (Å²) in [6.45, 7) is 9.34. The molecule has 104 valence electrons. The van der Waals surface area contributed by atoms with Gasteiger partial charge in [-0.2, -0.15) is 0 Å². The molecule has 1 heterocycles. The average molecular weight is 262 g/mol. The molecule has 0 amide bonds. The van der Waals surface area contributed by atoms with Crippen molar-refractivity contribution in [3.8, 4) is 0 Å². The third-order valence-electron chi connectivity index (χ3n) is 3.70. The molecule has 0 bridgehead atoms. The maximum absolute atomic E-state index is 8.92. The number of likely N-dealkylation sites (N-methyl/N-ethyl adjacent to an activating group) is 1. The zero-order valence-corrected chi connectivity index (χ0v) is 11.6. The van der Waals surface area contributed by atoms with Gasteiger partial charge in [-0.1, -0.05) is 23.7 Å². The first kappa shape index (κ1) is 13.7. The van der Waals surface area contributed by atoms with Crippen molar-refractivity contribution in [3.05, 3.63) is 29.3 Å². The fourth-order valence-electron chi connectivity index (χ4n) is 2.49. The van der Waals surface area contributed by atoms with Crippen molar-refractivity contribution in [2.45, 2.75) is 13.8 Å². The van der Waals surface area contributed by atoms with E-state index in [1.165, 1.54) is 0 Å². The molecular formula is C14H22N4O. The molecule has 19 heavy (non-hydrogen) atoms. The quantitative estimate of drug-likeness (QED) is 0.372. The first-order valence-electron chi connectivity index (χ1n) is 6.71. The van der Waals surface area contributed by atoms with Gasteiger partial charge in [-0.05, 0) is 25.6 Å². The van der Waals surface area contributed by atoms with Crippen LogP contribution in [0.5, 0.6) is 0 Å². The third kappa shape index (κ3) is 2.98. The van der Waals surface area contributed by atoms with E-state index in [0.29, 0.717) is 0 Å². The van der Waals surface area contributed by atoms with Crippen molar-refractivity contribution in [3.63, 3.8) is 0 Å². The summed E-state index contributed by atoms with van der Waals surface area (Å²) in [6, 6.07) is 6.09. The topological polar surface area (TPSA) is 65.1 Å². The Bertz CT molecular complexity index is 465. The highest BCUT2D eigenvalue weighted by molar-refractivity contribution is 6.02. The van der Waals surface area contributed by atoms with Crippen LogP contribution >= 0.6 is 0 Å². The standard InChI is InChI=1S/C14H22N4O/c1-3-17-6-8-18(9-7-17)13-5-4-11(2)10-12(13)14(15)16-19/h4-5,10,19H,3,6-9H2,1-2H3,(H2,15,16). The third-order valence-corrected chi connectivity index (χ3v) is 3.70. The molecule has 0 saturated carbocycles. The number of amidine groups is 1. The number of nitrogens with two attached hydrogens (primary N) is 1. The van der Waals surface area contributed by atoms with Crippen molar-refractivity contribution >= 4 is 11.5 Å². The summed E-state index contributed by atoms with van der Waals surface area (Å²) in [5, 5.41) is 12.1. The minimum absolute atomic E-state index is 0.177. The first-order valence-corrected chi connectivity index (χ1v) is 6.71. The van der Waals surface area contributed by atoms with E-state index < -0.39 is 0 Å². The highest BCUT2D eigenvalue weighted by Gasteiger charge is 2.19.